The van der Waals surface area contributed by atoms with Gasteiger partial charge in [-0.25, -0.2) is 4.39 Å². The molecule has 0 aliphatic rings. The molecular formula is C15H10FN3. The van der Waals surface area contributed by atoms with E-state index in [4.69, 9.17) is 10.5 Å². The van der Waals surface area contributed by atoms with E-state index < -0.39 is 5.82 Å². The van der Waals surface area contributed by atoms with Crippen LogP contribution >= 0.6 is 0 Å². The lowest BCUT2D eigenvalue weighted by atomic mass is 10.1. The average molecular weight is 251 g/mol. The zero-order valence-electron chi connectivity index (χ0n) is 10.2. The van der Waals surface area contributed by atoms with Gasteiger partial charge in [0.05, 0.1) is 16.8 Å². The molecule has 1 N–H and O–H groups in total. The first-order valence-electron chi connectivity index (χ1n) is 5.61. The Morgan fingerprint density at radius 2 is 1.74 bits per heavy atom. The van der Waals surface area contributed by atoms with Crippen molar-refractivity contribution in [1.82, 2.24) is 0 Å². The van der Waals surface area contributed by atoms with Crippen molar-refractivity contribution >= 4 is 11.4 Å². The molecule has 0 unspecified atom stereocenters. The number of rotatable bonds is 2. The van der Waals surface area contributed by atoms with Gasteiger partial charge in [-0.2, -0.15) is 10.5 Å². The van der Waals surface area contributed by atoms with Gasteiger partial charge in [0.15, 0.2) is 0 Å². The van der Waals surface area contributed by atoms with Gasteiger partial charge in [0.1, 0.15) is 18.0 Å². The summed E-state index contributed by atoms with van der Waals surface area (Å²) in [5, 5.41) is 20.9. The van der Waals surface area contributed by atoms with E-state index in [1.54, 1.807) is 18.2 Å². The molecular weight excluding hydrogens is 241 g/mol. The maximum atomic E-state index is 13.2. The molecule has 0 atom stereocenters. The number of hydrogen-bond donors (Lipinski definition) is 1. The first-order chi connectivity index (χ1) is 9.13. The van der Waals surface area contributed by atoms with Crippen molar-refractivity contribution < 1.29 is 4.39 Å². The quantitative estimate of drug-likeness (QED) is 0.886. The van der Waals surface area contributed by atoms with E-state index in [0.29, 0.717) is 16.9 Å². The van der Waals surface area contributed by atoms with Crippen LogP contribution in [0.25, 0.3) is 0 Å². The maximum Gasteiger partial charge on any atom is 0.141 e. The Morgan fingerprint density at radius 1 is 1.00 bits per heavy atom. The summed E-state index contributed by atoms with van der Waals surface area (Å²) in [5.74, 6) is -0.558. The summed E-state index contributed by atoms with van der Waals surface area (Å²) in [5.41, 5.74) is 2.65. The van der Waals surface area contributed by atoms with Gasteiger partial charge >= 0.3 is 0 Å². The van der Waals surface area contributed by atoms with Gasteiger partial charge in [-0.1, -0.05) is 6.07 Å². The molecule has 92 valence electrons. The van der Waals surface area contributed by atoms with Crippen molar-refractivity contribution in [1.29, 1.82) is 10.5 Å². The molecule has 0 saturated heterocycles. The molecule has 2 rings (SSSR count). The maximum absolute atomic E-state index is 13.2. The molecule has 3 nitrogen and oxygen atoms in total. The first kappa shape index (κ1) is 12.6. The van der Waals surface area contributed by atoms with Gasteiger partial charge < -0.3 is 5.32 Å². The minimum atomic E-state index is -0.558. The van der Waals surface area contributed by atoms with Crippen LogP contribution in [0.3, 0.4) is 0 Å². The lowest BCUT2D eigenvalue weighted by Gasteiger charge is -2.09. The zero-order valence-corrected chi connectivity index (χ0v) is 10.2. The van der Waals surface area contributed by atoms with Crippen LogP contribution in [0.5, 0.6) is 0 Å². The Labute approximate surface area is 110 Å². The fourth-order valence-corrected chi connectivity index (χ4v) is 1.70. The third kappa shape index (κ3) is 2.70. The van der Waals surface area contributed by atoms with Crippen molar-refractivity contribution in [3.63, 3.8) is 0 Å². The van der Waals surface area contributed by atoms with Gasteiger partial charge in [-0.3, -0.25) is 0 Å². The second-order valence-electron chi connectivity index (χ2n) is 4.09. The molecule has 4 heteroatoms. The summed E-state index contributed by atoms with van der Waals surface area (Å²) < 4.78 is 13.2. The molecule has 0 saturated carbocycles. The Balaban J connectivity index is 2.37. The number of nitrogens with zero attached hydrogens (tertiary/aromatic N) is 2. The Kier molecular flexibility index (Phi) is 3.45. The highest BCUT2D eigenvalue weighted by atomic mass is 19.1. The number of benzene rings is 2. The Morgan fingerprint density at radius 3 is 2.42 bits per heavy atom. The topological polar surface area (TPSA) is 59.6 Å². The molecule has 0 aliphatic heterocycles. The number of anilines is 2. The molecule has 0 spiro atoms. The second kappa shape index (κ2) is 5.20. The van der Waals surface area contributed by atoms with E-state index >= 15 is 0 Å². The normalized spacial score (nSPS) is 9.47. The average Bonchev–Trinajstić information content (AvgIpc) is 2.42. The fourth-order valence-electron chi connectivity index (χ4n) is 1.70. The number of hydrogen-bond acceptors (Lipinski definition) is 3. The van der Waals surface area contributed by atoms with E-state index in [0.717, 1.165) is 5.56 Å². The number of nitrogens with one attached hydrogen (secondary N) is 1. The van der Waals surface area contributed by atoms with Crippen LogP contribution < -0.4 is 5.32 Å². The van der Waals surface area contributed by atoms with Gasteiger partial charge in [-0.15, -0.1) is 0 Å². The van der Waals surface area contributed by atoms with Crippen molar-refractivity contribution in [2.24, 2.45) is 0 Å². The first-order valence-corrected chi connectivity index (χ1v) is 5.61. The van der Waals surface area contributed by atoms with Crippen LogP contribution in [0, 0.1) is 35.4 Å². The van der Waals surface area contributed by atoms with E-state index in [9.17, 15) is 4.39 Å². The summed E-state index contributed by atoms with van der Waals surface area (Å²) >= 11 is 0. The van der Waals surface area contributed by atoms with Crippen LogP contribution in [0.15, 0.2) is 36.4 Å². The Hall–Kier alpha value is -2.85. The highest BCUT2D eigenvalue weighted by Gasteiger charge is 2.06. The fraction of sp³-hybridized carbons (Fsp3) is 0.0667. The number of aryl methyl sites for hydroxylation is 1. The Bertz CT molecular complexity index is 708. The van der Waals surface area contributed by atoms with E-state index in [-0.39, 0.29) is 5.56 Å². The largest absolute Gasteiger partial charge is 0.354 e. The molecule has 0 aliphatic carbocycles. The molecule has 0 amide bonds. The number of halogens is 1. The SMILES string of the molecule is Cc1ccc(Nc2ccc(F)c(C#N)c2)c(C#N)c1. The minimum absolute atomic E-state index is 0.0318. The summed E-state index contributed by atoms with van der Waals surface area (Å²) in [6, 6.07) is 13.5. The summed E-state index contributed by atoms with van der Waals surface area (Å²) in [6.45, 7) is 1.90. The molecule has 0 fully saturated rings. The lowest BCUT2D eigenvalue weighted by molar-refractivity contribution is 0.624. The highest BCUT2D eigenvalue weighted by Crippen LogP contribution is 2.23. The van der Waals surface area contributed by atoms with Gasteiger partial charge in [0.2, 0.25) is 0 Å². The highest BCUT2D eigenvalue weighted by molar-refractivity contribution is 5.67. The van der Waals surface area contributed by atoms with Gasteiger partial charge in [0, 0.05) is 5.69 Å². The second-order valence-corrected chi connectivity index (χ2v) is 4.09. The van der Waals surface area contributed by atoms with Crippen molar-refractivity contribution in [3.05, 3.63) is 58.9 Å². The molecule has 2 aromatic rings. The molecule has 0 radical (unpaired) electrons. The summed E-state index contributed by atoms with van der Waals surface area (Å²) in [4.78, 5) is 0. The van der Waals surface area contributed by atoms with Gasteiger partial charge in [0.25, 0.3) is 0 Å². The number of nitriles is 2. The predicted molar refractivity (Wildman–Crippen MR) is 70.3 cm³/mol. The van der Waals surface area contributed by atoms with Crippen LogP contribution in [0.2, 0.25) is 0 Å². The molecule has 0 bridgehead atoms. The van der Waals surface area contributed by atoms with Crippen molar-refractivity contribution in [2.75, 3.05) is 5.32 Å². The zero-order chi connectivity index (χ0) is 13.8. The summed E-state index contributed by atoms with van der Waals surface area (Å²) in [6.07, 6.45) is 0. The third-order valence-electron chi connectivity index (χ3n) is 2.66. The lowest BCUT2D eigenvalue weighted by Crippen LogP contribution is -1.95. The third-order valence-corrected chi connectivity index (χ3v) is 2.66. The van der Waals surface area contributed by atoms with Crippen LogP contribution in [0.1, 0.15) is 16.7 Å². The van der Waals surface area contributed by atoms with E-state index in [1.807, 2.05) is 13.0 Å². The van der Waals surface area contributed by atoms with E-state index in [2.05, 4.69) is 11.4 Å². The molecule has 19 heavy (non-hydrogen) atoms. The van der Waals surface area contributed by atoms with Crippen LogP contribution in [-0.4, -0.2) is 0 Å². The summed E-state index contributed by atoms with van der Waals surface area (Å²) in [7, 11) is 0. The van der Waals surface area contributed by atoms with Gasteiger partial charge in [-0.05, 0) is 42.8 Å². The molecule has 2 aromatic carbocycles. The van der Waals surface area contributed by atoms with E-state index in [1.165, 1.54) is 18.2 Å². The molecule has 0 heterocycles. The smallest absolute Gasteiger partial charge is 0.141 e. The van der Waals surface area contributed by atoms with Crippen molar-refractivity contribution in [2.45, 2.75) is 6.92 Å². The van der Waals surface area contributed by atoms with Crippen LogP contribution in [0.4, 0.5) is 15.8 Å². The minimum Gasteiger partial charge on any atom is -0.354 e. The standard InChI is InChI=1S/C15H10FN3/c1-10-2-5-15(12(6-10)9-18)19-13-3-4-14(16)11(7-13)8-17/h2-7,19H,1H3. The monoisotopic (exact) mass is 251 g/mol. The van der Waals surface area contributed by atoms with Crippen LogP contribution in [-0.2, 0) is 0 Å². The van der Waals surface area contributed by atoms with Crippen molar-refractivity contribution in [3.8, 4) is 12.1 Å². The predicted octanol–water partition coefficient (Wildman–Crippen LogP) is 3.62. The molecule has 0 aromatic heterocycles.